The molecule has 0 radical (unpaired) electrons. The van der Waals surface area contributed by atoms with Crippen molar-refractivity contribution in [2.24, 2.45) is 0 Å². The number of rotatable bonds is 4. The molecule has 0 aliphatic carbocycles. The van der Waals surface area contributed by atoms with Crippen LogP contribution >= 0.6 is 23.7 Å². The van der Waals surface area contributed by atoms with E-state index in [0.717, 1.165) is 38.2 Å². The van der Waals surface area contributed by atoms with Crippen molar-refractivity contribution in [1.82, 2.24) is 15.2 Å². The van der Waals surface area contributed by atoms with E-state index < -0.39 is 0 Å². The van der Waals surface area contributed by atoms with Gasteiger partial charge in [-0.05, 0) is 43.0 Å². The lowest BCUT2D eigenvalue weighted by molar-refractivity contribution is 0.0922. The number of aromatic nitrogens is 1. The number of nitrogens with one attached hydrogen (secondary N) is 2. The van der Waals surface area contributed by atoms with Gasteiger partial charge in [0.25, 0.3) is 5.91 Å². The molecule has 0 aromatic carbocycles. The molecule has 1 fully saturated rings. The van der Waals surface area contributed by atoms with E-state index in [0.29, 0.717) is 0 Å². The maximum atomic E-state index is 12.4. The third kappa shape index (κ3) is 4.09. The van der Waals surface area contributed by atoms with Crippen molar-refractivity contribution in [3.05, 3.63) is 46.4 Å². The van der Waals surface area contributed by atoms with Gasteiger partial charge in [-0.2, -0.15) is 0 Å². The predicted molar refractivity (Wildman–Crippen MR) is 88.5 cm³/mol. The minimum absolute atomic E-state index is 0. The average molecular weight is 326 g/mol. The molecule has 1 amide bonds. The Kier molecular flexibility index (Phi) is 5.85. The molecule has 114 valence electrons. The first kappa shape index (κ1) is 16.1. The predicted octanol–water partition coefficient (Wildman–Crippen LogP) is 2.50. The number of nitrogens with zero attached hydrogens (tertiary/aromatic N) is 1. The fraction of sp³-hybridized carbons (Fsp3) is 0.400. The first-order chi connectivity index (χ1) is 9.83. The Balaban J connectivity index is 0.00000161. The molecule has 21 heavy (non-hydrogen) atoms. The van der Waals surface area contributed by atoms with Gasteiger partial charge in [-0.15, -0.1) is 23.7 Å². The molecule has 6 heteroatoms. The molecular formula is C15H20ClN3OS. The summed E-state index contributed by atoms with van der Waals surface area (Å²) in [5.41, 5.74) is 0.740. The van der Waals surface area contributed by atoms with Crippen LogP contribution in [-0.4, -0.2) is 29.6 Å². The molecule has 3 heterocycles. The van der Waals surface area contributed by atoms with Crippen LogP contribution in [0.15, 0.2) is 35.8 Å². The number of carbonyl (C=O) groups excluding carboxylic acids is 1. The summed E-state index contributed by atoms with van der Waals surface area (Å²) in [6.07, 6.45) is 4.15. The van der Waals surface area contributed by atoms with Crippen LogP contribution in [0.1, 0.15) is 28.2 Å². The zero-order chi connectivity index (χ0) is 13.8. The summed E-state index contributed by atoms with van der Waals surface area (Å²) in [5, 5.41) is 8.50. The molecular weight excluding hydrogens is 306 g/mol. The largest absolute Gasteiger partial charge is 0.347 e. The third-order valence-electron chi connectivity index (χ3n) is 3.60. The van der Waals surface area contributed by atoms with Gasteiger partial charge in [0, 0.05) is 23.7 Å². The van der Waals surface area contributed by atoms with E-state index in [1.54, 1.807) is 11.3 Å². The molecule has 1 aliphatic heterocycles. The van der Waals surface area contributed by atoms with Crippen LogP contribution in [0.5, 0.6) is 0 Å². The van der Waals surface area contributed by atoms with E-state index in [-0.39, 0.29) is 24.4 Å². The van der Waals surface area contributed by atoms with Crippen LogP contribution in [0.25, 0.3) is 0 Å². The molecule has 0 spiro atoms. The van der Waals surface area contributed by atoms with E-state index in [9.17, 15) is 4.79 Å². The van der Waals surface area contributed by atoms with Crippen LogP contribution in [0.4, 0.5) is 0 Å². The van der Waals surface area contributed by atoms with Crippen molar-refractivity contribution < 1.29 is 4.79 Å². The first-order valence-electron chi connectivity index (χ1n) is 7.02. The van der Waals surface area contributed by atoms with E-state index in [1.807, 2.05) is 29.0 Å². The number of carbonyl (C=O) groups is 1. The van der Waals surface area contributed by atoms with E-state index in [4.69, 9.17) is 0 Å². The maximum Gasteiger partial charge on any atom is 0.268 e. The molecule has 1 saturated heterocycles. The molecule has 0 saturated carbocycles. The lowest BCUT2D eigenvalue weighted by Crippen LogP contribution is -2.46. The third-order valence-corrected chi connectivity index (χ3v) is 4.46. The van der Waals surface area contributed by atoms with Crippen LogP contribution < -0.4 is 10.6 Å². The molecule has 3 rings (SSSR count). The van der Waals surface area contributed by atoms with Crippen molar-refractivity contribution in [3.8, 4) is 0 Å². The van der Waals surface area contributed by atoms with Gasteiger partial charge in [0.05, 0.1) is 6.54 Å². The lowest BCUT2D eigenvalue weighted by Gasteiger charge is -2.24. The second-order valence-electron chi connectivity index (χ2n) is 5.12. The van der Waals surface area contributed by atoms with Gasteiger partial charge in [0.1, 0.15) is 5.69 Å². The summed E-state index contributed by atoms with van der Waals surface area (Å²) in [7, 11) is 0. The molecule has 2 aromatic rings. The quantitative estimate of drug-likeness (QED) is 0.907. The minimum Gasteiger partial charge on any atom is -0.347 e. The second kappa shape index (κ2) is 7.64. The SMILES string of the molecule is Cl.O=C(NC1CCCNC1)c1cccn1Cc1cccs1. The van der Waals surface area contributed by atoms with Crippen molar-refractivity contribution in [2.75, 3.05) is 13.1 Å². The Labute approximate surface area is 135 Å². The lowest BCUT2D eigenvalue weighted by atomic mass is 10.1. The maximum absolute atomic E-state index is 12.4. The number of hydrogen-bond acceptors (Lipinski definition) is 3. The first-order valence-corrected chi connectivity index (χ1v) is 7.90. The zero-order valence-electron chi connectivity index (χ0n) is 11.7. The van der Waals surface area contributed by atoms with E-state index >= 15 is 0 Å². The molecule has 0 bridgehead atoms. The minimum atomic E-state index is 0. The van der Waals surface area contributed by atoms with Crippen LogP contribution in [0.2, 0.25) is 0 Å². The topological polar surface area (TPSA) is 46.1 Å². The number of amides is 1. The van der Waals surface area contributed by atoms with Gasteiger partial charge in [-0.3, -0.25) is 4.79 Å². The molecule has 2 N–H and O–H groups in total. The molecule has 1 unspecified atom stereocenters. The highest BCUT2D eigenvalue weighted by Gasteiger charge is 2.18. The van der Waals surface area contributed by atoms with E-state index in [2.05, 4.69) is 22.1 Å². The molecule has 1 aliphatic rings. The normalized spacial score (nSPS) is 18.0. The summed E-state index contributed by atoms with van der Waals surface area (Å²) >= 11 is 1.71. The van der Waals surface area contributed by atoms with Gasteiger partial charge in [0.2, 0.25) is 0 Å². The number of piperidine rings is 1. The van der Waals surface area contributed by atoms with Gasteiger partial charge in [-0.1, -0.05) is 6.07 Å². The Morgan fingerprint density at radius 1 is 1.43 bits per heavy atom. The molecule has 1 atom stereocenters. The van der Waals surface area contributed by atoms with E-state index in [1.165, 1.54) is 4.88 Å². The average Bonchev–Trinajstić information content (AvgIpc) is 3.12. The Bertz CT molecular complexity index is 561. The Hall–Kier alpha value is -1.30. The highest BCUT2D eigenvalue weighted by atomic mass is 35.5. The van der Waals surface area contributed by atoms with Crippen LogP contribution in [0, 0.1) is 0 Å². The summed E-state index contributed by atoms with van der Waals surface area (Å²) in [4.78, 5) is 13.6. The molecule has 2 aromatic heterocycles. The summed E-state index contributed by atoms with van der Waals surface area (Å²) in [5.74, 6) is 0.0280. The smallest absolute Gasteiger partial charge is 0.268 e. The van der Waals surface area contributed by atoms with Gasteiger partial charge in [-0.25, -0.2) is 0 Å². The fourth-order valence-electron chi connectivity index (χ4n) is 2.56. The summed E-state index contributed by atoms with van der Waals surface area (Å²) in [6.45, 7) is 2.69. The van der Waals surface area contributed by atoms with Gasteiger partial charge < -0.3 is 15.2 Å². The summed E-state index contributed by atoms with van der Waals surface area (Å²) in [6, 6.07) is 8.20. The number of thiophene rings is 1. The van der Waals surface area contributed by atoms with Crippen molar-refractivity contribution in [3.63, 3.8) is 0 Å². The van der Waals surface area contributed by atoms with Crippen molar-refractivity contribution in [2.45, 2.75) is 25.4 Å². The van der Waals surface area contributed by atoms with Gasteiger partial charge >= 0.3 is 0 Å². The standard InChI is InChI=1S/C15H19N3OS.ClH/c19-15(17-12-4-1-7-16-10-12)14-6-2-8-18(14)11-13-5-3-9-20-13;/h2-3,5-6,8-9,12,16H,1,4,7,10-11H2,(H,17,19);1H. The Morgan fingerprint density at radius 2 is 2.33 bits per heavy atom. The van der Waals surface area contributed by atoms with Gasteiger partial charge in [0.15, 0.2) is 0 Å². The highest BCUT2D eigenvalue weighted by molar-refractivity contribution is 7.09. The number of halogens is 1. The van der Waals surface area contributed by atoms with Crippen LogP contribution in [-0.2, 0) is 6.54 Å². The Morgan fingerprint density at radius 3 is 3.05 bits per heavy atom. The molecule has 4 nitrogen and oxygen atoms in total. The zero-order valence-corrected chi connectivity index (χ0v) is 13.4. The fourth-order valence-corrected chi connectivity index (χ4v) is 3.27. The highest BCUT2D eigenvalue weighted by Crippen LogP contribution is 2.13. The van der Waals surface area contributed by atoms with Crippen LogP contribution in [0.3, 0.4) is 0 Å². The van der Waals surface area contributed by atoms with Crippen molar-refractivity contribution >= 4 is 29.7 Å². The second-order valence-corrected chi connectivity index (χ2v) is 6.15. The number of hydrogen-bond donors (Lipinski definition) is 2. The van der Waals surface area contributed by atoms with Crippen molar-refractivity contribution in [1.29, 1.82) is 0 Å². The monoisotopic (exact) mass is 325 g/mol. The summed E-state index contributed by atoms with van der Waals surface area (Å²) < 4.78 is 2.01.